The molecule has 1 N–H and O–H groups in total. The van der Waals surface area contributed by atoms with Gasteiger partial charge in [-0.2, -0.15) is 0 Å². The largest absolute Gasteiger partial charge is 0.325 e. The molecule has 8 heteroatoms. The Bertz CT molecular complexity index is 1300. The van der Waals surface area contributed by atoms with E-state index < -0.39 is 0 Å². The third-order valence-electron chi connectivity index (χ3n) is 4.74. The van der Waals surface area contributed by atoms with Crippen LogP contribution in [0, 0.1) is 0 Å². The van der Waals surface area contributed by atoms with E-state index in [4.69, 9.17) is 11.6 Å². The number of carbonyl (C=O) groups is 1. The number of amides is 1. The minimum absolute atomic E-state index is 0.110. The lowest BCUT2D eigenvalue weighted by molar-refractivity contribution is -0.113. The minimum Gasteiger partial charge on any atom is -0.325 e. The van der Waals surface area contributed by atoms with Crippen LogP contribution in [0.3, 0.4) is 0 Å². The highest BCUT2D eigenvalue weighted by Crippen LogP contribution is 2.27. The van der Waals surface area contributed by atoms with Gasteiger partial charge in [0.2, 0.25) is 5.91 Å². The Kier molecular flexibility index (Phi) is 6.46. The number of aromatic nitrogens is 2. The molecule has 4 aromatic rings. The predicted octanol–water partition coefficient (Wildman–Crippen LogP) is 5.95. The molecule has 0 bridgehead atoms. The van der Waals surface area contributed by atoms with Crippen LogP contribution < -0.4 is 10.9 Å². The summed E-state index contributed by atoms with van der Waals surface area (Å²) < 4.78 is 2.04. The molecule has 2 heterocycles. The Hall–Kier alpha value is -2.61. The molecule has 158 valence electrons. The summed E-state index contributed by atoms with van der Waals surface area (Å²) >= 11 is 8.90. The molecule has 0 radical (unpaired) electrons. The molecule has 1 amide bonds. The smallest absolute Gasteiger partial charge is 0.276 e. The average molecular weight is 470 g/mol. The molecule has 0 saturated carbocycles. The van der Waals surface area contributed by atoms with Crippen molar-refractivity contribution in [3.8, 4) is 5.69 Å². The molecule has 0 aliphatic carbocycles. The quantitative estimate of drug-likeness (QED) is 0.280. The number of thiophene rings is 1. The minimum atomic E-state index is -0.194. The second-order valence-corrected chi connectivity index (χ2v) is 9.50. The number of fused-ring (bicyclic) bond motifs is 1. The normalized spacial score (nSPS) is 11.2. The van der Waals surface area contributed by atoms with Crippen molar-refractivity contribution in [1.82, 2.24) is 9.55 Å². The van der Waals surface area contributed by atoms with Crippen LogP contribution in [-0.4, -0.2) is 21.2 Å². The Balaban J connectivity index is 1.59. The van der Waals surface area contributed by atoms with Crippen LogP contribution in [0.5, 0.6) is 0 Å². The standard InChI is InChI=1S/C23H20ClN3O2S2/c1-14(2)15-7-9-16(10-8-15)25-20(28)13-31-23-26-18-11-12-30-21(18)22(29)27(23)19-6-4-3-5-17(19)24/h3-12,14H,13H2,1-2H3,(H,25,28). The summed E-state index contributed by atoms with van der Waals surface area (Å²) in [5, 5.41) is 5.60. The number of thioether (sulfide) groups is 1. The van der Waals surface area contributed by atoms with Gasteiger partial charge in [-0.3, -0.25) is 14.2 Å². The highest BCUT2D eigenvalue weighted by atomic mass is 35.5. The van der Waals surface area contributed by atoms with Crippen molar-refractivity contribution in [2.24, 2.45) is 0 Å². The van der Waals surface area contributed by atoms with E-state index in [0.29, 0.717) is 32.0 Å². The molecule has 5 nitrogen and oxygen atoms in total. The molecular weight excluding hydrogens is 450 g/mol. The highest BCUT2D eigenvalue weighted by molar-refractivity contribution is 7.99. The fourth-order valence-electron chi connectivity index (χ4n) is 3.11. The van der Waals surface area contributed by atoms with Gasteiger partial charge in [-0.05, 0) is 47.2 Å². The molecule has 0 fully saturated rings. The van der Waals surface area contributed by atoms with Gasteiger partial charge in [0.25, 0.3) is 5.56 Å². The van der Waals surface area contributed by atoms with Gasteiger partial charge in [-0.1, -0.05) is 61.5 Å². The zero-order valence-electron chi connectivity index (χ0n) is 17.0. The first-order valence-electron chi connectivity index (χ1n) is 9.72. The first-order valence-corrected chi connectivity index (χ1v) is 12.0. The molecule has 0 saturated heterocycles. The van der Waals surface area contributed by atoms with Crippen LogP contribution in [0.1, 0.15) is 25.3 Å². The number of halogens is 1. The van der Waals surface area contributed by atoms with E-state index >= 15 is 0 Å². The lowest BCUT2D eigenvalue weighted by Gasteiger charge is -2.13. The molecule has 4 rings (SSSR count). The Morgan fingerprint density at radius 3 is 2.61 bits per heavy atom. The molecule has 0 aliphatic heterocycles. The third-order valence-corrected chi connectivity index (χ3v) is 6.89. The number of benzene rings is 2. The summed E-state index contributed by atoms with van der Waals surface area (Å²) in [5.74, 6) is 0.367. The van der Waals surface area contributed by atoms with E-state index in [9.17, 15) is 9.59 Å². The van der Waals surface area contributed by atoms with E-state index in [0.717, 1.165) is 5.69 Å². The number of nitrogens with one attached hydrogen (secondary N) is 1. The highest BCUT2D eigenvalue weighted by Gasteiger charge is 2.17. The van der Waals surface area contributed by atoms with Crippen LogP contribution in [0.15, 0.2) is 69.9 Å². The van der Waals surface area contributed by atoms with Gasteiger partial charge in [0.1, 0.15) is 4.70 Å². The van der Waals surface area contributed by atoms with Crippen molar-refractivity contribution in [3.05, 3.63) is 80.9 Å². The fourth-order valence-corrected chi connectivity index (χ4v) is 4.90. The van der Waals surface area contributed by atoms with Crippen LogP contribution >= 0.6 is 34.7 Å². The Morgan fingerprint density at radius 2 is 1.90 bits per heavy atom. The summed E-state index contributed by atoms with van der Waals surface area (Å²) in [6, 6.07) is 16.7. The number of carbonyl (C=O) groups excluding carboxylic acids is 1. The molecule has 31 heavy (non-hydrogen) atoms. The second kappa shape index (κ2) is 9.26. The van der Waals surface area contributed by atoms with E-state index in [1.54, 1.807) is 24.3 Å². The van der Waals surface area contributed by atoms with Crippen LogP contribution in [0.25, 0.3) is 15.9 Å². The molecule has 0 unspecified atom stereocenters. The van der Waals surface area contributed by atoms with Crippen molar-refractivity contribution in [2.45, 2.75) is 24.9 Å². The van der Waals surface area contributed by atoms with Crippen molar-refractivity contribution >= 4 is 56.5 Å². The van der Waals surface area contributed by atoms with Gasteiger partial charge in [0.15, 0.2) is 5.16 Å². The Morgan fingerprint density at radius 1 is 1.16 bits per heavy atom. The van der Waals surface area contributed by atoms with Gasteiger partial charge < -0.3 is 5.32 Å². The zero-order chi connectivity index (χ0) is 22.0. The summed E-state index contributed by atoms with van der Waals surface area (Å²) in [5.41, 5.74) is 2.92. The van der Waals surface area contributed by atoms with Gasteiger partial charge in [0, 0.05) is 5.69 Å². The summed E-state index contributed by atoms with van der Waals surface area (Å²) in [7, 11) is 0. The number of para-hydroxylation sites is 1. The number of nitrogens with zero attached hydrogens (tertiary/aromatic N) is 2. The number of rotatable bonds is 6. The van der Waals surface area contributed by atoms with Crippen LogP contribution in [-0.2, 0) is 4.79 Å². The SMILES string of the molecule is CC(C)c1ccc(NC(=O)CSc2nc3ccsc3c(=O)n2-c2ccccc2Cl)cc1. The number of hydrogen-bond acceptors (Lipinski definition) is 5. The van der Waals surface area contributed by atoms with Crippen molar-refractivity contribution in [1.29, 1.82) is 0 Å². The van der Waals surface area contributed by atoms with Gasteiger partial charge in [-0.15, -0.1) is 11.3 Å². The average Bonchev–Trinajstić information content (AvgIpc) is 3.23. The Labute approximate surface area is 193 Å². The van der Waals surface area contributed by atoms with Gasteiger partial charge in [-0.25, -0.2) is 4.98 Å². The molecule has 2 aromatic heterocycles. The lowest BCUT2D eigenvalue weighted by Crippen LogP contribution is -2.22. The van der Waals surface area contributed by atoms with Crippen molar-refractivity contribution < 1.29 is 4.79 Å². The third kappa shape index (κ3) is 4.69. The first-order chi connectivity index (χ1) is 14.9. The topological polar surface area (TPSA) is 64.0 Å². The zero-order valence-corrected chi connectivity index (χ0v) is 19.4. The van der Waals surface area contributed by atoms with Gasteiger partial charge in [0.05, 0.1) is 22.0 Å². The predicted molar refractivity (Wildman–Crippen MR) is 130 cm³/mol. The van der Waals surface area contributed by atoms with E-state index in [-0.39, 0.29) is 17.2 Å². The van der Waals surface area contributed by atoms with Crippen molar-refractivity contribution in [2.75, 3.05) is 11.1 Å². The van der Waals surface area contributed by atoms with Crippen LogP contribution in [0.4, 0.5) is 5.69 Å². The first kappa shape index (κ1) is 21.6. The number of anilines is 1. The maximum atomic E-state index is 13.1. The maximum absolute atomic E-state index is 13.1. The molecule has 2 aromatic carbocycles. The van der Waals surface area contributed by atoms with E-state index in [1.807, 2.05) is 35.7 Å². The molecule has 0 aliphatic rings. The van der Waals surface area contributed by atoms with E-state index in [2.05, 4.69) is 24.1 Å². The summed E-state index contributed by atoms with van der Waals surface area (Å²) in [6.07, 6.45) is 0. The molecular formula is C23H20ClN3O2S2. The summed E-state index contributed by atoms with van der Waals surface area (Å²) in [6.45, 7) is 4.25. The second-order valence-electron chi connectivity index (χ2n) is 7.23. The monoisotopic (exact) mass is 469 g/mol. The van der Waals surface area contributed by atoms with E-state index in [1.165, 1.54) is 33.2 Å². The number of hydrogen-bond donors (Lipinski definition) is 1. The maximum Gasteiger partial charge on any atom is 0.276 e. The fraction of sp³-hybridized carbons (Fsp3) is 0.174. The summed E-state index contributed by atoms with van der Waals surface area (Å²) in [4.78, 5) is 30.3. The van der Waals surface area contributed by atoms with Gasteiger partial charge >= 0.3 is 0 Å². The lowest BCUT2D eigenvalue weighted by atomic mass is 10.0. The molecule has 0 spiro atoms. The van der Waals surface area contributed by atoms with Crippen LogP contribution in [0.2, 0.25) is 5.02 Å². The van der Waals surface area contributed by atoms with Crippen molar-refractivity contribution in [3.63, 3.8) is 0 Å². The molecule has 0 atom stereocenters.